The number of hydrogen-bond acceptors (Lipinski definition) is 4. The number of hydrogen-bond donors (Lipinski definition) is 1. The minimum atomic E-state index is -0.264. The Morgan fingerprint density at radius 1 is 0.971 bits per heavy atom. The van der Waals surface area contributed by atoms with Crippen LogP contribution in [-0.4, -0.2) is 64.5 Å². The van der Waals surface area contributed by atoms with Crippen LogP contribution < -0.4 is 4.90 Å². The third kappa shape index (κ3) is 4.50. The van der Waals surface area contributed by atoms with Gasteiger partial charge in [0.1, 0.15) is 5.82 Å². The summed E-state index contributed by atoms with van der Waals surface area (Å²) in [7, 11) is 0. The normalized spacial score (nSPS) is 15.9. The molecule has 5 rings (SSSR count). The minimum absolute atomic E-state index is 0.0220. The van der Waals surface area contributed by atoms with Gasteiger partial charge in [0, 0.05) is 67.7 Å². The van der Waals surface area contributed by atoms with Gasteiger partial charge in [-0.25, -0.2) is 4.39 Å². The van der Waals surface area contributed by atoms with Gasteiger partial charge >= 0.3 is 0 Å². The molecule has 0 bridgehead atoms. The van der Waals surface area contributed by atoms with Crippen LogP contribution in [0.2, 0.25) is 5.02 Å². The van der Waals surface area contributed by atoms with E-state index >= 15 is 0 Å². The Kier molecular flexibility index (Phi) is 6.24. The monoisotopic (exact) mass is 481 g/mol. The number of fused-ring (bicyclic) bond motifs is 1. The van der Waals surface area contributed by atoms with E-state index in [2.05, 4.69) is 15.1 Å². The Hall–Kier alpha value is -3.39. The number of benzene rings is 2. The van der Waals surface area contributed by atoms with E-state index in [0.29, 0.717) is 56.4 Å². The number of piperazine rings is 1. The summed E-state index contributed by atoms with van der Waals surface area (Å²) in [6.45, 7) is 3.34. The summed E-state index contributed by atoms with van der Waals surface area (Å²) >= 11 is 6.22. The number of aromatic amines is 1. The summed E-state index contributed by atoms with van der Waals surface area (Å²) in [5.41, 5.74) is 3.83. The average Bonchev–Trinajstić information content (AvgIpc) is 3.29. The number of anilines is 1. The van der Waals surface area contributed by atoms with Crippen molar-refractivity contribution in [1.29, 1.82) is 0 Å². The average molecular weight is 482 g/mol. The van der Waals surface area contributed by atoms with Gasteiger partial charge in [-0.05, 0) is 35.9 Å². The largest absolute Gasteiger partial charge is 0.368 e. The van der Waals surface area contributed by atoms with Crippen molar-refractivity contribution in [3.05, 3.63) is 81.9 Å². The molecule has 0 unspecified atom stereocenters. The third-order valence-electron chi connectivity index (χ3n) is 6.55. The number of halogens is 2. The van der Waals surface area contributed by atoms with Crippen molar-refractivity contribution < 1.29 is 14.0 Å². The molecule has 1 fully saturated rings. The number of nitrogens with zero attached hydrogens (tertiary/aromatic N) is 4. The molecule has 3 aromatic rings. The topological polar surface area (TPSA) is 72.5 Å². The summed E-state index contributed by atoms with van der Waals surface area (Å²) in [6, 6.07) is 13.7. The van der Waals surface area contributed by atoms with E-state index in [1.807, 2.05) is 18.2 Å². The van der Waals surface area contributed by atoms with E-state index in [1.54, 1.807) is 28.0 Å². The summed E-state index contributed by atoms with van der Waals surface area (Å²) < 4.78 is 13.2. The first-order chi connectivity index (χ1) is 16.5. The lowest BCUT2D eigenvalue weighted by Crippen LogP contribution is -2.49. The molecule has 3 heterocycles. The predicted molar refractivity (Wildman–Crippen MR) is 127 cm³/mol. The molecule has 0 atom stereocenters. The zero-order chi connectivity index (χ0) is 23.7. The van der Waals surface area contributed by atoms with Crippen LogP contribution in [0.15, 0.2) is 48.5 Å². The Balaban J connectivity index is 1.24. The Morgan fingerprint density at radius 3 is 2.44 bits per heavy atom. The van der Waals surface area contributed by atoms with Gasteiger partial charge in [-0.1, -0.05) is 29.8 Å². The molecule has 2 aromatic carbocycles. The van der Waals surface area contributed by atoms with Crippen LogP contribution in [0.4, 0.5) is 10.1 Å². The second kappa shape index (κ2) is 9.46. The van der Waals surface area contributed by atoms with Gasteiger partial charge in [-0.15, -0.1) is 0 Å². The highest BCUT2D eigenvalue weighted by Gasteiger charge is 2.31. The van der Waals surface area contributed by atoms with Gasteiger partial charge in [0.05, 0.1) is 6.42 Å². The number of aromatic nitrogens is 2. The second-order valence-corrected chi connectivity index (χ2v) is 9.03. The number of H-pyrrole nitrogens is 1. The van der Waals surface area contributed by atoms with Crippen LogP contribution in [0.25, 0.3) is 0 Å². The Bertz CT molecular complexity index is 1200. The van der Waals surface area contributed by atoms with Crippen LogP contribution in [-0.2, 0) is 24.2 Å². The van der Waals surface area contributed by atoms with E-state index in [4.69, 9.17) is 11.6 Å². The number of carbonyl (C=O) groups is 2. The van der Waals surface area contributed by atoms with Crippen LogP contribution in [0.3, 0.4) is 0 Å². The van der Waals surface area contributed by atoms with Crippen molar-refractivity contribution in [1.82, 2.24) is 20.0 Å². The van der Waals surface area contributed by atoms with Crippen LogP contribution >= 0.6 is 11.6 Å². The lowest BCUT2D eigenvalue weighted by molar-refractivity contribution is -0.131. The van der Waals surface area contributed by atoms with E-state index in [9.17, 15) is 14.0 Å². The molecule has 7 nitrogen and oxygen atoms in total. The molecule has 34 heavy (non-hydrogen) atoms. The van der Waals surface area contributed by atoms with Crippen molar-refractivity contribution in [3.63, 3.8) is 0 Å². The van der Waals surface area contributed by atoms with Crippen molar-refractivity contribution >= 4 is 29.1 Å². The molecule has 1 N–H and O–H groups in total. The smallest absolute Gasteiger partial charge is 0.274 e. The first kappa shape index (κ1) is 22.4. The van der Waals surface area contributed by atoms with Gasteiger partial charge in [0.15, 0.2) is 5.69 Å². The van der Waals surface area contributed by atoms with Crippen LogP contribution in [0.5, 0.6) is 0 Å². The van der Waals surface area contributed by atoms with Crippen molar-refractivity contribution in [3.8, 4) is 0 Å². The molecule has 9 heteroatoms. The molecule has 0 saturated carbocycles. The summed E-state index contributed by atoms with van der Waals surface area (Å²) in [5.74, 6) is -0.414. The quantitative estimate of drug-likeness (QED) is 0.620. The maximum Gasteiger partial charge on any atom is 0.274 e. The maximum absolute atomic E-state index is 13.3. The van der Waals surface area contributed by atoms with Gasteiger partial charge in [0.25, 0.3) is 5.91 Å². The predicted octanol–water partition coefficient (Wildman–Crippen LogP) is 3.29. The van der Waals surface area contributed by atoms with Crippen LogP contribution in [0.1, 0.15) is 27.3 Å². The number of nitrogens with one attached hydrogen (secondary N) is 1. The molecule has 0 radical (unpaired) electrons. The van der Waals surface area contributed by atoms with Crippen molar-refractivity contribution in [2.75, 3.05) is 37.6 Å². The van der Waals surface area contributed by atoms with Gasteiger partial charge in [-0.3, -0.25) is 14.7 Å². The molecular weight excluding hydrogens is 457 g/mol. The SMILES string of the molecule is O=C(Cc1ccccc1Cl)N1CCc2[nH]nc(C(=O)N3CCN(c4ccc(F)cc4)CC3)c2C1. The zero-order valence-corrected chi connectivity index (χ0v) is 19.4. The Morgan fingerprint density at radius 2 is 1.71 bits per heavy atom. The fourth-order valence-electron chi connectivity index (χ4n) is 4.57. The molecule has 2 amide bonds. The molecule has 2 aliphatic rings. The van der Waals surface area contributed by atoms with E-state index in [-0.39, 0.29) is 24.1 Å². The van der Waals surface area contributed by atoms with E-state index in [0.717, 1.165) is 22.5 Å². The minimum Gasteiger partial charge on any atom is -0.368 e. The van der Waals surface area contributed by atoms with E-state index < -0.39 is 0 Å². The molecule has 2 aliphatic heterocycles. The van der Waals surface area contributed by atoms with Crippen molar-refractivity contribution in [2.24, 2.45) is 0 Å². The molecule has 0 aliphatic carbocycles. The number of rotatable bonds is 4. The number of amides is 2. The summed E-state index contributed by atoms with van der Waals surface area (Å²) in [5, 5.41) is 7.90. The molecular formula is C25H25ClFN5O2. The van der Waals surface area contributed by atoms with Gasteiger partial charge < -0.3 is 14.7 Å². The highest BCUT2D eigenvalue weighted by atomic mass is 35.5. The fourth-order valence-corrected chi connectivity index (χ4v) is 4.77. The summed E-state index contributed by atoms with van der Waals surface area (Å²) in [6.07, 6.45) is 0.851. The first-order valence-electron chi connectivity index (χ1n) is 11.4. The highest BCUT2D eigenvalue weighted by Crippen LogP contribution is 2.24. The van der Waals surface area contributed by atoms with E-state index in [1.165, 1.54) is 12.1 Å². The van der Waals surface area contributed by atoms with Gasteiger partial charge in [0.2, 0.25) is 5.91 Å². The van der Waals surface area contributed by atoms with Crippen LogP contribution in [0, 0.1) is 5.82 Å². The van der Waals surface area contributed by atoms with Crippen molar-refractivity contribution in [2.45, 2.75) is 19.4 Å². The second-order valence-electron chi connectivity index (χ2n) is 8.62. The number of carbonyl (C=O) groups excluding carboxylic acids is 2. The first-order valence-corrected chi connectivity index (χ1v) is 11.7. The highest BCUT2D eigenvalue weighted by molar-refractivity contribution is 6.31. The lowest BCUT2D eigenvalue weighted by atomic mass is 10.0. The zero-order valence-electron chi connectivity index (χ0n) is 18.6. The fraction of sp³-hybridized carbons (Fsp3) is 0.320. The molecule has 1 saturated heterocycles. The molecule has 176 valence electrons. The summed E-state index contributed by atoms with van der Waals surface area (Å²) in [4.78, 5) is 31.9. The lowest BCUT2D eigenvalue weighted by Gasteiger charge is -2.36. The molecule has 0 spiro atoms. The van der Waals surface area contributed by atoms with Gasteiger partial charge in [-0.2, -0.15) is 5.10 Å². The molecule has 1 aromatic heterocycles. The maximum atomic E-state index is 13.3. The third-order valence-corrected chi connectivity index (χ3v) is 6.92. The Labute approximate surface area is 202 Å². The standard InChI is InChI=1S/C25H25ClFN5O2/c26-21-4-2-1-3-17(21)15-23(33)32-10-9-22-20(16-32)24(29-28-22)25(34)31-13-11-30(12-14-31)19-7-5-18(27)6-8-19/h1-8H,9-16H2,(H,28,29).